The van der Waals surface area contributed by atoms with Crippen LogP contribution in [-0.2, 0) is 0 Å². The van der Waals surface area contributed by atoms with E-state index in [0.29, 0.717) is 11.3 Å². The summed E-state index contributed by atoms with van der Waals surface area (Å²) in [6.07, 6.45) is 7.64. The summed E-state index contributed by atoms with van der Waals surface area (Å²) in [5, 5.41) is 0. The highest BCUT2D eigenvalue weighted by Gasteiger charge is 2.18. The average Bonchev–Trinajstić information content (AvgIpc) is 2.67. The van der Waals surface area contributed by atoms with Gasteiger partial charge in [-0.1, -0.05) is 24.6 Å². The van der Waals surface area contributed by atoms with Crippen LogP contribution in [0.4, 0.5) is 0 Å². The van der Waals surface area contributed by atoms with Crippen molar-refractivity contribution in [3.63, 3.8) is 0 Å². The Morgan fingerprint density at radius 1 is 1.16 bits per heavy atom. The van der Waals surface area contributed by atoms with Crippen molar-refractivity contribution >= 4 is 5.78 Å². The van der Waals surface area contributed by atoms with Crippen molar-refractivity contribution in [1.29, 1.82) is 0 Å². The van der Waals surface area contributed by atoms with Crippen LogP contribution < -0.4 is 4.74 Å². The lowest BCUT2D eigenvalue weighted by atomic mass is 9.99. The molecule has 2 nitrogen and oxygen atoms in total. The molecule has 0 unspecified atom stereocenters. The van der Waals surface area contributed by atoms with Gasteiger partial charge in [0.05, 0.1) is 11.7 Å². The number of Topliss-reactive ketones (excluding diaryl/α,β-unsaturated/α-hetero) is 1. The standard InChI is InChI=1S/C17H22O2/c1-13(2)19-16-12-8-7-11-15(16)17(18)14-9-5-3-4-6-10-14/h7-9,11-13H,3-6,10H2,1-2H3. The zero-order chi connectivity index (χ0) is 13.7. The number of carbonyl (C=O) groups excluding carboxylic acids is 1. The third-order valence-electron chi connectivity index (χ3n) is 3.33. The van der Waals surface area contributed by atoms with Gasteiger partial charge < -0.3 is 4.74 Å². The van der Waals surface area contributed by atoms with Gasteiger partial charge in [0.15, 0.2) is 5.78 Å². The highest BCUT2D eigenvalue weighted by molar-refractivity contribution is 6.10. The number of rotatable bonds is 4. The molecule has 2 heteroatoms. The molecule has 0 N–H and O–H groups in total. The fourth-order valence-electron chi connectivity index (χ4n) is 2.41. The Morgan fingerprint density at radius 2 is 1.95 bits per heavy atom. The fourth-order valence-corrected chi connectivity index (χ4v) is 2.41. The fraction of sp³-hybridized carbons (Fsp3) is 0.471. The summed E-state index contributed by atoms with van der Waals surface area (Å²) in [4.78, 5) is 12.6. The highest BCUT2D eigenvalue weighted by atomic mass is 16.5. The van der Waals surface area contributed by atoms with Gasteiger partial charge in [0.2, 0.25) is 0 Å². The Bertz CT molecular complexity index is 472. The molecule has 0 saturated carbocycles. The summed E-state index contributed by atoms with van der Waals surface area (Å²) in [6.45, 7) is 3.96. The largest absolute Gasteiger partial charge is 0.490 e. The Kier molecular flexibility index (Phi) is 4.78. The zero-order valence-corrected chi connectivity index (χ0v) is 11.8. The SMILES string of the molecule is CC(C)Oc1ccccc1C(=O)C1=CCCCCC1. The van der Waals surface area contributed by atoms with Gasteiger partial charge in [0, 0.05) is 0 Å². The third kappa shape index (κ3) is 3.69. The quantitative estimate of drug-likeness (QED) is 0.741. The number of benzene rings is 1. The molecule has 0 heterocycles. The summed E-state index contributed by atoms with van der Waals surface area (Å²) in [5.41, 5.74) is 1.65. The van der Waals surface area contributed by atoms with Gasteiger partial charge >= 0.3 is 0 Å². The van der Waals surface area contributed by atoms with Crippen LogP contribution in [0.25, 0.3) is 0 Å². The first kappa shape index (κ1) is 13.9. The van der Waals surface area contributed by atoms with Crippen LogP contribution in [0.3, 0.4) is 0 Å². The van der Waals surface area contributed by atoms with E-state index in [1.165, 1.54) is 12.8 Å². The first-order chi connectivity index (χ1) is 9.18. The van der Waals surface area contributed by atoms with Gasteiger partial charge in [-0.3, -0.25) is 4.79 Å². The van der Waals surface area contributed by atoms with E-state index in [2.05, 4.69) is 6.08 Å². The molecule has 102 valence electrons. The molecule has 1 aliphatic rings. The Hall–Kier alpha value is -1.57. The minimum Gasteiger partial charge on any atom is -0.490 e. The normalized spacial score (nSPS) is 15.8. The lowest BCUT2D eigenvalue weighted by molar-refractivity contribution is 0.102. The molecule has 0 aliphatic heterocycles. The van der Waals surface area contributed by atoms with Gasteiger partial charge in [-0.05, 0) is 57.2 Å². The van der Waals surface area contributed by atoms with E-state index in [1.807, 2.05) is 38.1 Å². The van der Waals surface area contributed by atoms with Crippen molar-refractivity contribution < 1.29 is 9.53 Å². The monoisotopic (exact) mass is 258 g/mol. The number of ether oxygens (including phenoxy) is 1. The maximum Gasteiger partial charge on any atom is 0.192 e. The smallest absolute Gasteiger partial charge is 0.192 e. The molecular formula is C17H22O2. The highest BCUT2D eigenvalue weighted by Crippen LogP contribution is 2.26. The average molecular weight is 258 g/mol. The summed E-state index contributed by atoms with van der Waals surface area (Å²) < 4.78 is 5.74. The molecule has 0 bridgehead atoms. The van der Waals surface area contributed by atoms with Gasteiger partial charge in [-0.15, -0.1) is 0 Å². The topological polar surface area (TPSA) is 26.3 Å². The first-order valence-corrected chi connectivity index (χ1v) is 7.18. The number of hydrogen-bond acceptors (Lipinski definition) is 2. The van der Waals surface area contributed by atoms with Crippen LogP contribution in [0.2, 0.25) is 0 Å². The molecule has 0 aromatic heterocycles. The summed E-state index contributed by atoms with van der Waals surface area (Å²) >= 11 is 0. The third-order valence-corrected chi connectivity index (χ3v) is 3.33. The summed E-state index contributed by atoms with van der Waals surface area (Å²) in [6, 6.07) is 7.56. The number of carbonyl (C=O) groups is 1. The van der Waals surface area contributed by atoms with E-state index in [1.54, 1.807) is 0 Å². The molecule has 1 aromatic rings. The van der Waals surface area contributed by atoms with E-state index in [4.69, 9.17) is 4.74 Å². The minimum atomic E-state index is 0.0806. The van der Waals surface area contributed by atoms with Crippen LogP contribution in [0.5, 0.6) is 5.75 Å². The molecule has 1 aliphatic carbocycles. The van der Waals surface area contributed by atoms with Crippen LogP contribution in [0.1, 0.15) is 56.3 Å². The van der Waals surface area contributed by atoms with Crippen LogP contribution in [0.15, 0.2) is 35.9 Å². The molecular weight excluding hydrogens is 236 g/mol. The molecule has 0 atom stereocenters. The van der Waals surface area contributed by atoms with Crippen molar-refractivity contribution in [2.45, 2.75) is 52.1 Å². The lowest BCUT2D eigenvalue weighted by Gasteiger charge is -2.14. The van der Waals surface area contributed by atoms with E-state index >= 15 is 0 Å². The lowest BCUT2D eigenvalue weighted by Crippen LogP contribution is -2.11. The van der Waals surface area contributed by atoms with Crippen molar-refractivity contribution in [3.8, 4) is 5.75 Å². The van der Waals surface area contributed by atoms with Crippen molar-refractivity contribution in [1.82, 2.24) is 0 Å². The molecule has 0 amide bonds. The van der Waals surface area contributed by atoms with Crippen LogP contribution in [-0.4, -0.2) is 11.9 Å². The minimum absolute atomic E-state index is 0.0806. The second-order valence-corrected chi connectivity index (χ2v) is 5.32. The predicted octanol–water partition coefficient (Wildman–Crippen LogP) is 4.55. The van der Waals surface area contributed by atoms with Gasteiger partial charge in [-0.2, -0.15) is 0 Å². The Labute approximate surface area is 115 Å². The molecule has 1 aromatic carbocycles. The van der Waals surface area contributed by atoms with E-state index < -0.39 is 0 Å². The van der Waals surface area contributed by atoms with Crippen molar-refractivity contribution in [2.75, 3.05) is 0 Å². The number of hydrogen-bond donors (Lipinski definition) is 0. The van der Waals surface area contributed by atoms with Crippen molar-refractivity contribution in [3.05, 3.63) is 41.5 Å². The molecule has 2 rings (SSSR count). The van der Waals surface area contributed by atoms with E-state index in [0.717, 1.165) is 24.8 Å². The van der Waals surface area contributed by atoms with E-state index in [9.17, 15) is 4.79 Å². The zero-order valence-electron chi connectivity index (χ0n) is 11.8. The van der Waals surface area contributed by atoms with Gasteiger partial charge in [0.25, 0.3) is 0 Å². The maximum atomic E-state index is 12.6. The molecule has 0 radical (unpaired) electrons. The Balaban J connectivity index is 2.25. The first-order valence-electron chi connectivity index (χ1n) is 7.18. The Morgan fingerprint density at radius 3 is 2.74 bits per heavy atom. The second kappa shape index (κ2) is 6.55. The number of allylic oxidation sites excluding steroid dienone is 2. The second-order valence-electron chi connectivity index (χ2n) is 5.32. The number of ketones is 1. The predicted molar refractivity (Wildman–Crippen MR) is 77.7 cm³/mol. The van der Waals surface area contributed by atoms with Crippen LogP contribution in [0, 0.1) is 0 Å². The molecule has 0 saturated heterocycles. The van der Waals surface area contributed by atoms with Gasteiger partial charge in [-0.25, -0.2) is 0 Å². The molecule has 19 heavy (non-hydrogen) atoms. The molecule has 0 spiro atoms. The molecule has 0 fully saturated rings. The van der Waals surface area contributed by atoms with E-state index in [-0.39, 0.29) is 11.9 Å². The van der Waals surface area contributed by atoms with Crippen molar-refractivity contribution in [2.24, 2.45) is 0 Å². The van der Waals surface area contributed by atoms with Crippen LogP contribution >= 0.6 is 0 Å². The summed E-state index contributed by atoms with van der Waals surface area (Å²) in [5.74, 6) is 0.839. The summed E-state index contributed by atoms with van der Waals surface area (Å²) in [7, 11) is 0. The number of para-hydroxylation sites is 1. The maximum absolute atomic E-state index is 12.6. The van der Waals surface area contributed by atoms with Gasteiger partial charge in [0.1, 0.15) is 5.75 Å².